The van der Waals surface area contributed by atoms with Crippen molar-refractivity contribution in [2.45, 2.75) is 88.9 Å². The van der Waals surface area contributed by atoms with E-state index in [0.29, 0.717) is 77.7 Å². The van der Waals surface area contributed by atoms with Crippen LogP contribution in [0.3, 0.4) is 0 Å². The van der Waals surface area contributed by atoms with Gasteiger partial charge in [0.1, 0.15) is 0 Å². The summed E-state index contributed by atoms with van der Waals surface area (Å²) in [7, 11) is 0. The number of aryl methyl sites for hydroxylation is 4. The molecule has 0 fully saturated rings. The molecule has 16 aromatic rings. The van der Waals surface area contributed by atoms with Crippen LogP contribution in [0.2, 0.25) is 0 Å². The molecule has 6 nitrogen and oxygen atoms in total. The molecule has 0 aliphatic rings. The zero-order valence-electron chi connectivity index (χ0n) is 62.1. The quantitative estimate of drug-likeness (QED) is 0.0725. The van der Waals surface area contributed by atoms with Gasteiger partial charge in [0.05, 0.1) is 47.5 Å². The molecule has 0 radical (unpaired) electrons. The lowest BCUT2D eigenvalue weighted by Gasteiger charge is -2.21. The van der Waals surface area contributed by atoms with E-state index in [0.717, 1.165) is 77.7 Å². The van der Waals surface area contributed by atoms with Crippen LogP contribution in [-0.4, -0.2) is 56.2 Å². The summed E-state index contributed by atoms with van der Waals surface area (Å²) < 4.78 is 163. The largest absolute Gasteiger partial charge is 0.450 e. The number of halogens is 12. The highest BCUT2D eigenvalue weighted by Crippen LogP contribution is 2.49. The highest BCUT2D eigenvalue weighted by Gasteiger charge is 2.48. The number of hydrogen-bond donors (Lipinski definition) is 4. The highest BCUT2D eigenvalue weighted by atomic mass is 19.4. The number of H-pyrrole nitrogens is 4. The van der Waals surface area contributed by atoms with Crippen LogP contribution in [0.4, 0.5) is 52.7 Å². The van der Waals surface area contributed by atoms with Gasteiger partial charge in [-0.15, -0.1) is 0 Å². The molecule has 0 aliphatic heterocycles. The maximum atomic E-state index is 13.6. The van der Waals surface area contributed by atoms with Gasteiger partial charge in [-0.25, -0.2) is 0 Å². The Morgan fingerprint density at radius 2 is 0.465 bits per heavy atom. The highest BCUT2D eigenvalue weighted by molar-refractivity contribution is 6.04. The predicted octanol–water partition coefficient (Wildman–Crippen LogP) is 27.3. The fraction of sp³-hybridized carbons (Fsp3) is 0.146. The van der Waals surface area contributed by atoms with E-state index in [1.165, 1.54) is 0 Å². The van der Waals surface area contributed by atoms with Crippen LogP contribution >= 0.6 is 0 Å². The van der Waals surface area contributed by atoms with Crippen molar-refractivity contribution in [3.05, 3.63) is 382 Å². The molecule has 18 heteroatoms. The van der Waals surface area contributed by atoms with Crippen molar-refractivity contribution in [2.75, 3.05) is 0 Å². The standard InChI is InChI=1S/2C24H18F3NO.2C24H20F3N/c2*1-15-12-13-18-19(14-15)28-22(17-10-6-3-7-11-17)21(18)20(23(29)24(25,26)27)16-8-4-2-5-9-16;2*1-16-12-13-19-21(14-16)28-23(18-10-6-3-7-11-18)22(19)20(15-24(25,26)27)17-8-4-2-5-9-17/h2*2-14,20,28H,1H3;2*2-14,20,28H,15H2,1H3/t4*20-/m1010/s1. The van der Waals surface area contributed by atoms with E-state index in [1.54, 1.807) is 121 Å². The molecule has 4 aromatic heterocycles. The van der Waals surface area contributed by atoms with Crippen molar-refractivity contribution in [3.63, 3.8) is 0 Å². The van der Waals surface area contributed by atoms with Gasteiger partial charge in [0.2, 0.25) is 11.6 Å². The Hall–Kier alpha value is -12.7. The van der Waals surface area contributed by atoms with Gasteiger partial charge in [-0.1, -0.05) is 291 Å². The normalized spacial score (nSPS) is 12.9. The molecule has 4 N–H and O–H groups in total. The van der Waals surface area contributed by atoms with Crippen LogP contribution < -0.4 is 0 Å². The number of carbonyl (C=O) groups is 2. The molecule has 0 amide bonds. The minimum atomic E-state index is -4.96. The fourth-order valence-corrected chi connectivity index (χ4v) is 15.1. The lowest BCUT2D eigenvalue weighted by atomic mass is 9.84. The number of aromatic nitrogens is 4. The van der Waals surface area contributed by atoms with Gasteiger partial charge in [-0.2, -0.15) is 52.7 Å². The van der Waals surface area contributed by atoms with E-state index < -0.39 is 72.8 Å². The Morgan fingerprint density at radius 3 is 0.684 bits per heavy atom. The molecule has 114 heavy (non-hydrogen) atoms. The average Bonchev–Trinajstić information content (AvgIpc) is 1.64. The zero-order valence-corrected chi connectivity index (χ0v) is 62.1. The fourth-order valence-electron chi connectivity index (χ4n) is 15.1. The van der Waals surface area contributed by atoms with Crippen LogP contribution in [0.15, 0.2) is 315 Å². The summed E-state index contributed by atoms with van der Waals surface area (Å²) in [6.45, 7) is 7.79. The summed E-state index contributed by atoms with van der Waals surface area (Å²) in [5.41, 5.74) is 17.0. The third-order valence-electron chi connectivity index (χ3n) is 20.1. The summed E-state index contributed by atoms with van der Waals surface area (Å²) in [5.74, 6) is -8.03. The van der Waals surface area contributed by atoms with Gasteiger partial charge in [-0.05, 0) is 130 Å². The predicted molar refractivity (Wildman–Crippen MR) is 430 cm³/mol. The van der Waals surface area contributed by atoms with Crippen molar-refractivity contribution in [1.29, 1.82) is 0 Å². The van der Waals surface area contributed by atoms with E-state index in [9.17, 15) is 62.3 Å². The first-order chi connectivity index (χ1) is 54.6. The first-order valence-corrected chi connectivity index (χ1v) is 36.8. The Labute approximate surface area is 650 Å². The van der Waals surface area contributed by atoms with Gasteiger partial charge in [0.25, 0.3) is 0 Å². The van der Waals surface area contributed by atoms with E-state index in [2.05, 4.69) is 19.9 Å². The number of hydrogen-bond acceptors (Lipinski definition) is 2. The molecule has 0 bridgehead atoms. The molecule has 0 spiro atoms. The van der Waals surface area contributed by atoms with E-state index in [4.69, 9.17) is 0 Å². The third-order valence-corrected chi connectivity index (χ3v) is 20.1. The summed E-state index contributed by atoms with van der Waals surface area (Å²) in [6.07, 6.45) is -20.3. The number of alkyl halides is 12. The Balaban J connectivity index is 0.000000133. The van der Waals surface area contributed by atoms with E-state index in [1.807, 2.05) is 222 Å². The minimum absolute atomic E-state index is 0.313. The van der Waals surface area contributed by atoms with Crippen molar-refractivity contribution >= 4 is 55.2 Å². The number of fused-ring (bicyclic) bond motifs is 4. The van der Waals surface area contributed by atoms with Gasteiger partial charge >= 0.3 is 24.7 Å². The van der Waals surface area contributed by atoms with Gasteiger partial charge in [0.15, 0.2) is 0 Å². The molecular weight excluding hydrogens is 1470 g/mol. The summed E-state index contributed by atoms with van der Waals surface area (Å²) >= 11 is 0. The molecule has 0 saturated heterocycles. The monoisotopic (exact) mass is 1540 g/mol. The number of Topliss-reactive ketones (excluding diaryl/α,β-unsaturated/α-hetero) is 2. The molecule has 0 unspecified atom stereocenters. The second-order valence-corrected chi connectivity index (χ2v) is 28.3. The smallest absolute Gasteiger partial charge is 0.354 e. The Morgan fingerprint density at radius 1 is 0.263 bits per heavy atom. The number of rotatable bonds is 16. The number of aromatic amines is 4. The first kappa shape index (κ1) is 79.4. The van der Waals surface area contributed by atoms with Crippen molar-refractivity contribution in [3.8, 4) is 45.0 Å². The summed E-state index contributed by atoms with van der Waals surface area (Å²) in [6, 6.07) is 94.3. The van der Waals surface area contributed by atoms with Crippen LogP contribution in [0.5, 0.6) is 0 Å². The van der Waals surface area contributed by atoms with E-state index in [-0.39, 0.29) is 0 Å². The Bertz CT molecular complexity index is 5590. The van der Waals surface area contributed by atoms with Gasteiger partial charge in [0, 0.05) is 66.6 Å². The van der Waals surface area contributed by atoms with Gasteiger partial charge < -0.3 is 19.9 Å². The van der Waals surface area contributed by atoms with Gasteiger partial charge in [-0.3, -0.25) is 9.59 Å². The van der Waals surface area contributed by atoms with Crippen LogP contribution in [0.1, 0.15) is 103 Å². The number of nitrogens with one attached hydrogen (secondary N) is 4. The number of ketones is 2. The van der Waals surface area contributed by atoms with E-state index >= 15 is 0 Å². The number of carbonyl (C=O) groups excluding carboxylic acids is 2. The summed E-state index contributed by atoms with van der Waals surface area (Å²) in [5, 5.41) is 2.90. The molecule has 0 saturated carbocycles. The molecule has 0 aliphatic carbocycles. The van der Waals surface area contributed by atoms with Crippen molar-refractivity contribution in [1.82, 2.24) is 19.9 Å². The first-order valence-electron chi connectivity index (χ1n) is 36.8. The third kappa shape index (κ3) is 18.2. The maximum absolute atomic E-state index is 13.6. The minimum Gasteiger partial charge on any atom is -0.354 e. The van der Waals surface area contributed by atoms with Crippen LogP contribution in [0.25, 0.3) is 88.6 Å². The topological polar surface area (TPSA) is 97.3 Å². The number of benzene rings is 12. The molecule has 4 atom stereocenters. The lowest BCUT2D eigenvalue weighted by molar-refractivity contribution is -0.171. The zero-order chi connectivity index (χ0) is 80.6. The molecule has 12 aromatic carbocycles. The Kier molecular flexibility index (Phi) is 23.5. The van der Waals surface area contributed by atoms with Crippen molar-refractivity contribution < 1.29 is 62.3 Å². The average molecular weight is 1550 g/mol. The van der Waals surface area contributed by atoms with Crippen LogP contribution in [-0.2, 0) is 9.59 Å². The molecular formula is C96H76F12N4O2. The second-order valence-electron chi connectivity index (χ2n) is 28.3. The summed E-state index contributed by atoms with van der Waals surface area (Å²) in [4.78, 5) is 38.5. The molecule has 4 heterocycles. The SMILES string of the molecule is Cc1ccc2c([C@@H](C(=O)C(F)(F)F)c3ccccc3)c(-c3ccccc3)[nH]c2c1.Cc1ccc2c([C@@H](CC(F)(F)F)c3ccccc3)c(-c3ccccc3)[nH]c2c1.Cc1ccc2c([C@H](C(=O)C(F)(F)F)c3ccccc3)c(-c3ccccc3)[nH]c2c1.Cc1ccc2c([C@H](CC(F)(F)F)c3ccccc3)c(-c3ccccc3)[nH]c2c1. The maximum Gasteiger partial charge on any atom is 0.450 e. The molecule has 576 valence electrons. The molecule has 16 rings (SSSR count). The second kappa shape index (κ2) is 33.7. The lowest BCUT2D eigenvalue weighted by Crippen LogP contribution is -2.30. The van der Waals surface area contributed by atoms with Crippen LogP contribution in [0, 0.1) is 27.7 Å². The van der Waals surface area contributed by atoms with Crippen molar-refractivity contribution in [2.24, 2.45) is 0 Å².